The fraction of sp³-hybridized carbons (Fsp3) is 0.500. The Kier molecular flexibility index (Phi) is 4.22. The molecule has 1 saturated heterocycles. The molecule has 7 heteroatoms. The second-order valence-electron chi connectivity index (χ2n) is 5.44. The maximum Gasteiger partial charge on any atom is 0.419 e. The highest BCUT2D eigenvalue weighted by atomic mass is 19.4. The molecular formula is C14H16F4N2O. The number of alkyl halides is 3. The molecule has 1 atom stereocenters. The van der Waals surface area contributed by atoms with Crippen LogP contribution in [-0.2, 0) is 6.18 Å². The highest BCUT2D eigenvalue weighted by Crippen LogP contribution is 2.32. The zero-order valence-electron chi connectivity index (χ0n) is 11.5. The first-order valence-corrected chi connectivity index (χ1v) is 6.62. The number of hydrogen-bond donors (Lipinski definition) is 2. The number of hydrogen-bond acceptors (Lipinski definition) is 2. The van der Waals surface area contributed by atoms with Crippen LogP contribution in [-0.4, -0.2) is 24.5 Å². The van der Waals surface area contributed by atoms with Gasteiger partial charge in [-0.05, 0) is 38.4 Å². The Morgan fingerprint density at radius 2 is 2.14 bits per heavy atom. The molecule has 1 unspecified atom stereocenters. The standard InChI is InChI=1S/C14H16F4N2O/c1-13(6-3-7-20-13)8-19-12(21)9-4-2-5-10(11(9)15)14(16,17)18/h2,4-5,20H,3,6-8H2,1H3,(H,19,21). The van der Waals surface area contributed by atoms with E-state index < -0.39 is 29.0 Å². The van der Waals surface area contributed by atoms with Crippen LogP contribution >= 0.6 is 0 Å². The van der Waals surface area contributed by atoms with Crippen LogP contribution in [0.2, 0.25) is 0 Å². The van der Waals surface area contributed by atoms with Crippen molar-refractivity contribution in [1.82, 2.24) is 10.6 Å². The predicted molar refractivity (Wildman–Crippen MR) is 69.4 cm³/mol. The SMILES string of the molecule is CC1(CNC(=O)c2cccc(C(F)(F)F)c2F)CCCN1. The molecule has 116 valence electrons. The summed E-state index contributed by atoms with van der Waals surface area (Å²) in [7, 11) is 0. The van der Waals surface area contributed by atoms with E-state index in [0.29, 0.717) is 6.07 Å². The maximum atomic E-state index is 13.8. The summed E-state index contributed by atoms with van der Waals surface area (Å²) in [5.74, 6) is -2.37. The molecule has 1 aliphatic rings. The second kappa shape index (κ2) is 5.63. The van der Waals surface area contributed by atoms with Gasteiger partial charge in [0.15, 0.2) is 0 Å². The molecule has 1 heterocycles. The van der Waals surface area contributed by atoms with Gasteiger partial charge < -0.3 is 10.6 Å². The van der Waals surface area contributed by atoms with Gasteiger partial charge in [0.25, 0.3) is 5.91 Å². The lowest BCUT2D eigenvalue weighted by molar-refractivity contribution is -0.140. The van der Waals surface area contributed by atoms with E-state index in [-0.39, 0.29) is 12.1 Å². The van der Waals surface area contributed by atoms with Crippen molar-refractivity contribution in [2.45, 2.75) is 31.5 Å². The van der Waals surface area contributed by atoms with Crippen molar-refractivity contribution in [2.24, 2.45) is 0 Å². The molecule has 2 N–H and O–H groups in total. The Bertz CT molecular complexity index is 536. The zero-order chi connectivity index (χ0) is 15.7. The summed E-state index contributed by atoms with van der Waals surface area (Å²) < 4.78 is 51.6. The van der Waals surface area contributed by atoms with Gasteiger partial charge in [-0.1, -0.05) is 6.07 Å². The van der Waals surface area contributed by atoms with Gasteiger partial charge in [0.1, 0.15) is 5.82 Å². The summed E-state index contributed by atoms with van der Waals surface area (Å²) in [5.41, 5.74) is -2.32. The van der Waals surface area contributed by atoms with Gasteiger partial charge in [-0.25, -0.2) is 4.39 Å². The molecule has 21 heavy (non-hydrogen) atoms. The molecule has 1 aromatic rings. The maximum absolute atomic E-state index is 13.8. The van der Waals surface area contributed by atoms with Crippen molar-refractivity contribution in [3.05, 3.63) is 35.1 Å². The zero-order valence-corrected chi connectivity index (χ0v) is 11.5. The van der Waals surface area contributed by atoms with Gasteiger partial charge >= 0.3 is 6.18 Å². The van der Waals surface area contributed by atoms with Crippen molar-refractivity contribution in [2.75, 3.05) is 13.1 Å². The van der Waals surface area contributed by atoms with Crippen LogP contribution in [0, 0.1) is 5.82 Å². The van der Waals surface area contributed by atoms with E-state index in [4.69, 9.17) is 0 Å². The molecule has 1 aromatic carbocycles. The van der Waals surface area contributed by atoms with Crippen molar-refractivity contribution in [3.63, 3.8) is 0 Å². The van der Waals surface area contributed by atoms with Crippen molar-refractivity contribution in [1.29, 1.82) is 0 Å². The lowest BCUT2D eigenvalue weighted by Crippen LogP contribution is -2.47. The molecule has 3 nitrogen and oxygen atoms in total. The predicted octanol–water partition coefficient (Wildman–Crippen LogP) is 2.72. The number of nitrogens with one attached hydrogen (secondary N) is 2. The molecule has 0 bridgehead atoms. The number of carbonyl (C=O) groups is 1. The molecule has 1 amide bonds. The highest BCUT2D eigenvalue weighted by molar-refractivity contribution is 5.94. The van der Waals surface area contributed by atoms with Crippen LogP contribution in [0.5, 0.6) is 0 Å². The second-order valence-corrected chi connectivity index (χ2v) is 5.44. The van der Waals surface area contributed by atoms with Crippen molar-refractivity contribution < 1.29 is 22.4 Å². The number of halogens is 4. The van der Waals surface area contributed by atoms with E-state index in [0.717, 1.165) is 31.5 Å². The van der Waals surface area contributed by atoms with Gasteiger partial charge in [0, 0.05) is 12.1 Å². The number of amides is 1. The smallest absolute Gasteiger partial charge is 0.350 e. The topological polar surface area (TPSA) is 41.1 Å². The summed E-state index contributed by atoms with van der Waals surface area (Å²) >= 11 is 0. The van der Waals surface area contributed by atoms with Gasteiger partial charge in [0.2, 0.25) is 0 Å². The van der Waals surface area contributed by atoms with Crippen LogP contribution in [0.4, 0.5) is 17.6 Å². The minimum Gasteiger partial charge on any atom is -0.350 e. The van der Waals surface area contributed by atoms with Gasteiger partial charge in [-0.15, -0.1) is 0 Å². The first-order chi connectivity index (χ1) is 9.73. The number of benzene rings is 1. The van der Waals surface area contributed by atoms with Crippen LogP contribution in [0.3, 0.4) is 0 Å². The Hall–Kier alpha value is -1.63. The molecular weight excluding hydrogens is 288 g/mol. The van der Waals surface area contributed by atoms with E-state index >= 15 is 0 Å². The Morgan fingerprint density at radius 3 is 2.71 bits per heavy atom. The normalized spacial score (nSPS) is 22.3. The quantitative estimate of drug-likeness (QED) is 0.843. The van der Waals surface area contributed by atoms with E-state index in [1.807, 2.05) is 6.92 Å². The van der Waals surface area contributed by atoms with Gasteiger partial charge in [-0.2, -0.15) is 13.2 Å². The average molecular weight is 304 g/mol. The Balaban J connectivity index is 2.13. The third-order valence-electron chi connectivity index (χ3n) is 3.64. The summed E-state index contributed by atoms with van der Waals surface area (Å²) in [6.45, 7) is 2.97. The number of rotatable bonds is 3. The molecule has 1 aliphatic heterocycles. The average Bonchev–Trinajstić information content (AvgIpc) is 2.82. The molecule has 1 fully saturated rings. The first-order valence-electron chi connectivity index (χ1n) is 6.62. The third-order valence-corrected chi connectivity index (χ3v) is 3.64. The molecule has 0 aliphatic carbocycles. The summed E-state index contributed by atoms with van der Waals surface area (Å²) in [4.78, 5) is 11.9. The monoisotopic (exact) mass is 304 g/mol. The molecule has 0 radical (unpaired) electrons. The van der Waals surface area contributed by atoms with Crippen LogP contribution in [0.25, 0.3) is 0 Å². The minimum absolute atomic E-state index is 0.238. The number of carbonyl (C=O) groups excluding carboxylic acids is 1. The highest BCUT2D eigenvalue weighted by Gasteiger charge is 2.36. The lowest BCUT2D eigenvalue weighted by Gasteiger charge is -2.24. The fourth-order valence-corrected chi connectivity index (χ4v) is 2.40. The molecule has 0 aromatic heterocycles. The minimum atomic E-state index is -4.82. The third kappa shape index (κ3) is 3.53. The Morgan fingerprint density at radius 1 is 1.43 bits per heavy atom. The van der Waals surface area contributed by atoms with Gasteiger partial charge in [-0.3, -0.25) is 4.79 Å². The van der Waals surface area contributed by atoms with E-state index in [1.54, 1.807) is 0 Å². The fourth-order valence-electron chi connectivity index (χ4n) is 2.40. The van der Waals surface area contributed by atoms with Crippen molar-refractivity contribution in [3.8, 4) is 0 Å². The summed E-state index contributed by atoms with van der Waals surface area (Å²) in [5, 5.41) is 5.69. The van der Waals surface area contributed by atoms with Crippen LogP contribution in [0.15, 0.2) is 18.2 Å². The van der Waals surface area contributed by atoms with Crippen LogP contribution < -0.4 is 10.6 Å². The molecule has 0 saturated carbocycles. The Labute approximate surface area is 119 Å². The lowest BCUT2D eigenvalue weighted by atomic mass is 10.0. The summed E-state index contributed by atoms with van der Waals surface area (Å²) in [6, 6.07) is 2.69. The summed E-state index contributed by atoms with van der Waals surface area (Å²) in [6.07, 6.45) is -3.01. The van der Waals surface area contributed by atoms with Crippen molar-refractivity contribution >= 4 is 5.91 Å². The van der Waals surface area contributed by atoms with E-state index in [9.17, 15) is 22.4 Å². The molecule has 2 rings (SSSR count). The largest absolute Gasteiger partial charge is 0.419 e. The molecule has 0 spiro atoms. The van der Waals surface area contributed by atoms with E-state index in [2.05, 4.69) is 10.6 Å². The van der Waals surface area contributed by atoms with Crippen LogP contribution in [0.1, 0.15) is 35.7 Å². The first kappa shape index (κ1) is 15.8. The van der Waals surface area contributed by atoms with Gasteiger partial charge in [0.05, 0.1) is 11.1 Å². The van der Waals surface area contributed by atoms with E-state index in [1.165, 1.54) is 0 Å².